The zero-order valence-electron chi connectivity index (χ0n) is 9.90. The van der Waals surface area contributed by atoms with Crippen molar-refractivity contribution in [2.45, 2.75) is 6.92 Å². The van der Waals surface area contributed by atoms with Gasteiger partial charge in [0.1, 0.15) is 10.2 Å². The lowest BCUT2D eigenvalue weighted by atomic mass is 10.3. The minimum absolute atomic E-state index is 0.205. The van der Waals surface area contributed by atoms with E-state index in [4.69, 9.17) is 0 Å². The van der Waals surface area contributed by atoms with Gasteiger partial charge in [-0.2, -0.15) is 14.6 Å². The van der Waals surface area contributed by atoms with Crippen LogP contribution in [-0.2, 0) is 0 Å². The third-order valence-electron chi connectivity index (χ3n) is 2.51. The van der Waals surface area contributed by atoms with E-state index < -0.39 is 5.56 Å². The molecule has 0 aliphatic rings. The summed E-state index contributed by atoms with van der Waals surface area (Å²) in [6.07, 6.45) is 3.30. The smallest absolute Gasteiger partial charge is 0.266 e. The molecule has 0 fully saturated rings. The van der Waals surface area contributed by atoms with E-state index in [2.05, 4.69) is 15.1 Å². The number of hydrogen-bond acceptors (Lipinski definition) is 6. The van der Waals surface area contributed by atoms with Gasteiger partial charge in [-0.1, -0.05) is 17.4 Å². The quantitative estimate of drug-likeness (QED) is 0.611. The molecule has 0 bridgehead atoms. The molecule has 0 saturated carbocycles. The summed E-state index contributed by atoms with van der Waals surface area (Å²) in [4.78, 5) is 31.7. The van der Waals surface area contributed by atoms with Crippen LogP contribution < -0.4 is 15.7 Å². The molecule has 3 aromatic rings. The molecule has 3 aromatic heterocycles. The lowest BCUT2D eigenvalue weighted by Crippen LogP contribution is -2.27. The third-order valence-corrected chi connectivity index (χ3v) is 3.47. The number of nitrogens with zero attached hydrogens (tertiary/aromatic N) is 4. The van der Waals surface area contributed by atoms with Crippen molar-refractivity contribution in [3.63, 3.8) is 0 Å². The van der Waals surface area contributed by atoms with Gasteiger partial charge in [-0.15, -0.1) is 0 Å². The molecule has 0 aliphatic heterocycles. The molecule has 3 rings (SSSR count). The van der Waals surface area contributed by atoms with E-state index in [-0.39, 0.29) is 11.3 Å². The van der Waals surface area contributed by atoms with Gasteiger partial charge in [0.2, 0.25) is 4.96 Å². The minimum Gasteiger partial charge on any atom is -0.266 e. The largest absolute Gasteiger partial charge is 0.295 e. The summed E-state index contributed by atoms with van der Waals surface area (Å²) < 4.78 is 1.60. The van der Waals surface area contributed by atoms with Crippen molar-refractivity contribution in [3.05, 3.63) is 61.0 Å². The molecule has 0 aliphatic carbocycles. The molecule has 7 heteroatoms. The highest BCUT2D eigenvalue weighted by atomic mass is 32.1. The fourth-order valence-electron chi connectivity index (χ4n) is 1.58. The zero-order chi connectivity index (χ0) is 13.4. The summed E-state index contributed by atoms with van der Waals surface area (Å²) in [6.45, 7) is 1.53. The normalized spacial score (nSPS) is 12.2. The lowest BCUT2D eigenvalue weighted by Gasteiger charge is -1.89. The van der Waals surface area contributed by atoms with E-state index in [1.54, 1.807) is 24.4 Å². The van der Waals surface area contributed by atoms with Crippen LogP contribution in [0.2, 0.25) is 0 Å². The molecule has 6 nitrogen and oxygen atoms in total. The molecule has 0 spiro atoms. The predicted molar refractivity (Wildman–Crippen MR) is 71.2 cm³/mol. The maximum absolute atomic E-state index is 12.1. The molecule has 19 heavy (non-hydrogen) atoms. The summed E-state index contributed by atoms with van der Waals surface area (Å²) in [7, 11) is 0. The van der Waals surface area contributed by atoms with E-state index in [9.17, 15) is 9.59 Å². The Morgan fingerprint density at radius 3 is 2.89 bits per heavy atom. The van der Waals surface area contributed by atoms with Gasteiger partial charge in [-0.05, 0) is 25.1 Å². The van der Waals surface area contributed by atoms with Crippen LogP contribution >= 0.6 is 11.3 Å². The van der Waals surface area contributed by atoms with Crippen molar-refractivity contribution in [2.24, 2.45) is 0 Å². The molecule has 0 atom stereocenters. The predicted octanol–water partition coefficient (Wildman–Crippen LogP) is -0.238. The van der Waals surface area contributed by atoms with Crippen molar-refractivity contribution >= 4 is 22.4 Å². The fourth-order valence-corrected chi connectivity index (χ4v) is 2.47. The van der Waals surface area contributed by atoms with Crippen molar-refractivity contribution in [1.82, 2.24) is 19.6 Å². The molecule has 0 aromatic carbocycles. The van der Waals surface area contributed by atoms with Gasteiger partial charge in [-0.25, -0.2) is 0 Å². The third kappa shape index (κ3) is 2.04. The Kier molecular flexibility index (Phi) is 2.68. The zero-order valence-corrected chi connectivity index (χ0v) is 10.7. The van der Waals surface area contributed by atoms with Crippen molar-refractivity contribution in [1.29, 1.82) is 0 Å². The standard InChI is InChI=1S/C12H8N4O2S/c1-7-10(17)14-12-16(15-7)11(18)9(19-12)6-8-4-2-3-5-13-8/h2-6H,1H3/b9-6+. The van der Waals surface area contributed by atoms with Gasteiger partial charge in [0.05, 0.1) is 5.69 Å². The first-order valence-corrected chi connectivity index (χ1v) is 6.30. The second-order valence-corrected chi connectivity index (χ2v) is 4.88. The number of pyridine rings is 1. The summed E-state index contributed by atoms with van der Waals surface area (Å²) >= 11 is 1.12. The van der Waals surface area contributed by atoms with Crippen LogP contribution in [0.5, 0.6) is 0 Å². The van der Waals surface area contributed by atoms with Crippen LogP contribution in [0.3, 0.4) is 0 Å². The summed E-state index contributed by atoms with van der Waals surface area (Å²) in [5, 5.41) is 3.94. The van der Waals surface area contributed by atoms with Gasteiger partial charge in [0.25, 0.3) is 11.1 Å². The average molecular weight is 272 g/mol. The topological polar surface area (TPSA) is 77.2 Å². The number of aryl methyl sites for hydroxylation is 1. The second-order valence-electron chi connectivity index (χ2n) is 3.87. The lowest BCUT2D eigenvalue weighted by molar-refractivity contribution is 0.833. The highest BCUT2D eigenvalue weighted by Gasteiger charge is 2.08. The molecule has 0 N–H and O–H groups in total. The number of hydrogen-bond donors (Lipinski definition) is 0. The molecule has 0 unspecified atom stereocenters. The van der Waals surface area contributed by atoms with Crippen LogP contribution in [0, 0.1) is 6.92 Å². The average Bonchev–Trinajstić information content (AvgIpc) is 2.69. The van der Waals surface area contributed by atoms with Crippen LogP contribution in [0.4, 0.5) is 0 Å². The first-order valence-electron chi connectivity index (χ1n) is 5.48. The van der Waals surface area contributed by atoms with Gasteiger partial charge in [-0.3, -0.25) is 14.6 Å². The Morgan fingerprint density at radius 2 is 2.16 bits per heavy atom. The first-order chi connectivity index (χ1) is 9.15. The molecular weight excluding hydrogens is 264 g/mol. The molecule has 0 amide bonds. The van der Waals surface area contributed by atoms with E-state index >= 15 is 0 Å². The maximum atomic E-state index is 12.1. The van der Waals surface area contributed by atoms with Gasteiger partial charge >= 0.3 is 0 Å². The van der Waals surface area contributed by atoms with E-state index in [1.807, 2.05) is 6.07 Å². The Balaban J connectivity index is 2.33. The van der Waals surface area contributed by atoms with Gasteiger partial charge < -0.3 is 0 Å². The van der Waals surface area contributed by atoms with Gasteiger partial charge in [0, 0.05) is 6.20 Å². The van der Waals surface area contributed by atoms with Crippen molar-refractivity contribution in [2.75, 3.05) is 0 Å². The SMILES string of the molecule is Cc1nn2c(=O)/c(=C\c3ccccn3)sc2nc1=O. The Labute approximate surface area is 110 Å². The van der Waals surface area contributed by atoms with E-state index in [0.717, 1.165) is 15.9 Å². The number of aromatic nitrogens is 4. The summed E-state index contributed by atoms with van der Waals surface area (Å²) in [5.74, 6) is 0. The Hall–Kier alpha value is -2.41. The van der Waals surface area contributed by atoms with Crippen molar-refractivity contribution < 1.29 is 0 Å². The van der Waals surface area contributed by atoms with Crippen molar-refractivity contribution in [3.8, 4) is 0 Å². The molecule has 94 valence electrons. The first kappa shape index (κ1) is 11.7. The van der Waals surface area contributed by atoms with Crippen LogP contribution in [0.15, 0.2) is 34.0 Å². The number of thiazole rings is 1. The van der Waals surface area contributed by atoms with E-state index in [0.29, 0.717) is 15.2 Å². The number of rotatable bonds is 1. The number of fused-ring (bicyclic) bond motifs is 1. The molecular formula is C12H8N4O2S. The minimum atomic E-state index is -0.411. The molecule has 0 saturated heterocycles. The van der Waals surface area contributed by atoms with Crippen LogP contribution in [0.1, 0.15) is 11.4 Å². The highest BCUT2D eigenvalue weighted by Crippen LogP contribution is 1.98. The monoisotopic (exact) mass is 272 g/mol. The summed E-state index contributed by atoms with van der Waals surface area (Å²) in [5.41, 5.74) is 0.175. The fraction of sp³-hybridized carbons (Fsp3) is 0.0833. The Bertz CT molecular complexity index is 915. The highest BCUT2D eigenvalue weighted by molar-refractivity contribution is 7.15. The van der Waals surface area contributed by atoms with Crippen LogP contribution in [0.25, 0.3) is 11.0 Å². The Morgan fingerprint density at radius 1 is 1.32 bits per heavy atom. The van der Waals surface area contributed by atoms with Crippen LogP contribution in [-0.4, -0.2) is 19.6 Å². The second kappa shape index (κ2) is 4.36. The van der Waals surface area contributed by atoms with E-state index in [1.165, 1.54) is 6.92 Å². The van der Waals surface area contributed by atoms with Gasteiger partial charge in [0.15, 0.2) is 0 Å². The molecule has 3 heterocycles. The molecule has 0 radical (unpaired) electrons. The maximum Gasteiger partial charge on any atom is 0.295 e. The summed E-state index contributed by atoms with van der Waals surface area (Å²) in [6, 6.07) is 5.42.